The van der Waals surface area contributed by atoms with Crippen molar-refractivity contribution in [3.63, 3.8) is 0 Å². The largest absolute Gasteiger partial charge is 0.477 e. The number of nitrogens with one attached hydrogen (secondary N) is 1. The number of nitrogens with zero attached hydrogens (tertiary/aromatic N) is 3. The van der Waals surface area contributed by atoms with Crippen LogP contribution in [0.3, 0.4) is 0 Å². The fourth-order valence-corrected chi connectivity index (χ4v) is 7.16. The Hall–Kier alpha value is -2.52. The van der Waals surface area contributed by atoms with Gasteiger partial charge in [-0.15, -0.1) is 11.8 Å². The Morgan fingerprint density at radius 1 is 1.35 bits per heavy atom. The number of amides is 2. The van der Waals surface area contributed by atoms with Crippen LogP contribution < -0.4 is 5.32 Å². The van der Waals surface area contributed by atoms with Gasteiger partial charge >= 0.3 is 5.97 Å². The number of hydrogen-bond donors (Lipinski definition) is 2. The second-order valence-corrected chi connectivity index (χ2v) is 10.8. The van der Waals surface area contributed by atoms with Crippen molar-refractivity contribution in [2.45, 2.75) is 22.4 Å². The van der Waals surface area contributed by atoms with Crippen LogP contribution in [0.4, 0.5) is 0 Å². The molecule has 0 aliphatic carbocycles. The van der Waals surface area contributed by atoms with Crippen molar-refractivity contribution in [3.8, 4) is 0 Å². The third-order valence-corrected chi connectivity index (χ3v) is 9.11. The summed E-state index contributed by atoms with van der Waals surface area (Å²) >= 11 is 3.86. The fourth-order valence-electron chi connectivity index (χ4n) is 3.57. The van der Waals surface area contributed by atoms with Crippen LogP contribution >= 0.6 is 35.1 Å². The molecular formula is C20H18N4O6S4. The van der Waals surface area contributed by atoms with Crippen molar-refractivity contribution in [3.05, 3.63) is 53.0 Å². The van der Waals surface area contributed by atoms with Crippen molar-refractivity contribution in [2.24, 2.45) is 0 Å². The lowest BCUT2D eigenvalue weighted by Crippen LogP contribution is -2.81. The molecule has 0 saturated carbocycles. The van der Waals surface area contributed by atoms with Crippen molar-refractivity contribution < 1.29 is 28.4 Å². The molecule has 0 unspecified atom stereocenters. The zero-order valence-corrected chi connectivity index (χ0v) is 21.1. The molecule has 1 aromatic heterocycles. The van der Waals surface area contributed by atoms with E-state index in [0.717, 1.165) is 4.90 Å². The lowest BCUT2D eigenvalue weighted by molar-refractivity contribution is -0.191. The van der Waals surface area contributed by atoms with Gasteiger partial charge in [-0.05, 0) is 24.0 Å². The molecule has 2 aromatic rings. The van der Waals surface area contributed by atoms with Crippen LogP contribution in [0.2, 0.25) is 0 Å². The van der Waals surface area contributed by atoms with Crippen LogP contribution in [-0.2, 0) is 30.4 Å². The third-order valence-electron chi connectivity index (χ3n) is 5.14. The van der Waals surface area contributed by atoms with Crippen LogP contribution in [0, 0.1) is 6.92 Å². The van der Waals surface area contributed by atoms with Gasteiger partial charge in [-0.3, -0.25) is 14.5 Å². The minimum absolute atomic E-state index is 0.0106. The summed E-state index contributed by atoms with van der Waals surface area (Å²) in [6.07, 6.45) is 0. The molecule has 3 heterocycles. The number of carbonyl (C=O) groups is 3. The Balaban J connectivity index is 1.57. The van der Waals surface area contributed by atoms with Gasteiger partial charge in [0.1, 0.15) is 33.0 Å². The second kappa shape index (κ2) is 10.00. The quantitative estimate of drug-likeness (QED) is 0.165. The van der Waals surface area contributed by atoms with Gasteiger partial charge in [0.2, 0.25) is 0 Å². The second-order valence-electron chi connectivity index (χ2n) is 7.16. The summed E-state index contributed by atoms with van der Waals surface area (Å²) < 4.78 is 21.9. The fraction of sp³-hybridized carbons (Fsp3) is 0.300. The molecule has 14 heteroatoms. The highest BCUT2D eigenvalue weighted by Gasteiger charge is 2.66. The molecule has 0 radical (unpaired) electrons. The third kappa shape index (κ3) is 4.31. The molecule has 2 N–H and O–H groups in total. The summed E-state index contributed by atoms with van der Waals surface area (Å²) in [6, 6.07) is 8.34. The topological polar surface area (TPSA) is 139 Å². The van der Waals surface area contributed by atoms with Crippen molar-refractivity contribution >= 4 is 69.0 Å². The van der Waals surface area contributed by atoms with Crippen LogP contribution in [-0.4, -0.2) is 75.9 Å². The number of carbonyl (C=O) groups excluding carboxylic acids is 2. The van der Waals surface area contributed by atoms with E-state index in [2.05, 4.69) is 14.7 Å². The molecule has 4 rings (SSSR count). The summed E-state index contributed by atoms with van der Waals surface area (Å²) in [5.41, 5.74) is -0.950. The first kappa shape index (κ1) is 24.6. The van der Waals surface area contributed by atoms with Gasteiger partial charge in [0.15, 0.2) is 4.34 Å². The molecule has 2 atom stereocenters. The normalized spacial score (nSPS) is 21.5. The van der Waals surface area contributed by atoms with Crippen LogP contribution in [0.1, 0.15) is 11.4 Å². The molecule has 0 spiro atoms. The van der Waals surface area contributed by atoms with E-state index in [4.69, 9.17) is 4.74 Å². The minimum Gasteiger partial charge on any atom is -0.477 e. The number of fused-ring (bicyclic) bond motifs is 1. The molecular weight excluding hydrogens is 521 g/mol. The minimum atomic E-state index is -1.78. The van der Waals surface area contributed by atoms with E-state index in [0.29, 0.717) is 32.8 Å². The number of aliphatic carboxylic acids is 1. The van der Waals surface area contributed by atoms with E-state index in [1.54, 1.807) is 37.3 Å². The molecule has 2 aliphatic rings. The standard InChI is InChI=1S/C20H18N4O6S4/c1-10-21-19(33-23-10)32-9-12-8-31-18-20(30-2,17(28)24(18)13(12)16(26)27)22-15(25)14(34-29)11-6-4-3-5-7-11/h3-7,18H,8-9H2,1-2H3,(H,22,25)(H,26,27)/t18-,20+/m1/s1. The van der Waals surface area contributed by atoms with Crippen LogP contribution in [0.5, 0.6) is 0 Å². The smallest absolute Gasteiger partial charge is 0.352 e. The number of hydrogen-bond acceptors (Lipinski definition) is 10. The summed E-state index contributed by atoms with van der Waals surface area (Å²) in [6.45, 7) is 1.77. The molecule has 1 saturated heterocycles. The Labute approximate surface area is 210 Å². The maximum absolute atomic E-state index is 13.2. The number of benzene rings is 1. The SMILES string of the molecule is CO[C@@]1(NC(=O)C(=S=O)c2ccccc2)C(=O)N2C(C(=O)O)=C(CSc3nc(C)ns3)CS[C@@H]21. The number of carboxylic acid groups (broad SMARTS) is 1. The lowest BCUT2D eigenvalue weighted by Gasteiger charge is -2.55. The number of β-lactam (4-membered cyclic amide) rings is 1. The maximum atomic E-state index is 13.2. The number of ether oxygens (including phenoxy) is 1. The predicted octanol–water partition coefficient (Wildman–Crippen LogP) is 1.09. The Bertz CT molecular complexity index is 1240. The van der Waals surface area contributed by atoms with Gasteiger partial charge < -0.3 is 15.2 Å². The molecule has 1 fully saturated rings. The molecule has 178 valence electrons. The first-order valence-corrected chi connectivity index (χ1v) is 13.3. The Morgan fingerprint density at radius 3 is 2.68 bits per heavy atom. The Morgan fingerprint density at radius 2 is 2.09 bits per heavy atom. The van der Waals surface area contributed by atoms with Crippen LogP contribution in [0.15, 0.2) is 45.9 Å². The average molecular weight is 539 g/mol. The van der Waals surface area contributed by atoms with Crippen molar-refractivity contribution in [1.29, 1.82) is 0 Å². The summed E-state index contributed by atoms with van der Waals surface area (Å²) in [5.74, 6) is -1.45. The maximum Gasteiger partial charge on any atom is 0.352 e. The zero-order valence-electron chi connectivity index (χ0n) is 17.8. The summed E-state index contributed by atoms with van der Waals surface area (Å²) in [7, 11) is 1.26. The first-order valence-electron chi connectivity index (χ1n) is 9.76. The number of carboxylic acids is 1. The highest BCUT2D eigenvalue weighted by Crippen LogP contribution is 2.47. The van der Waals surface area contributed by atoms with Gasteiger partial charge in [-0.25, -0.2) is 14.0 Å². The Kier molecular flexibility index (Phi) is 7.23. The number of rotatable bonds is 8. The molecule has 10 nitrogen and oxygen atoms in total. The summed E-state index contributed by atoms with van der Waals surface area (Å²) in [4.78, 5) is 43.5. The predicted molar refractivity (Wildman–Crippen MR) is 130 cm³/mol. The number of methoxy groups -OCH3 is 1. The van der Waals surface area contributed by atoms with Crippen molar-refractivity contribution in [1.82, 2.24) is 19.6 Å². The molecule has 1 aromatic carbocycles. The van der Waals surface area contributed by atoms with Gasteiger partial charge in [0.05, 0.1) is 0 Å². The highest BCUT2D eigenvalue weighted by atomic mass is 32.2. The summed E-state index contributed by atoms with van der Waals surface area (Å²) in [5, 5.41) is 11.6. The highest BCUT2D eigenvalue weighted by molar-refractivity contribution is 8.01. The zero-order chi connectivity index (χ0) is 24.5. The van der Waals surface area contributed by atoms with E-state index >= 15 is 0 Å². The van der Waals surface area contributed by atoms with Gasteiger partial charge in [0.25, 0.3) is 17.5 Å². The van der Waals surface area contributed by atoms with Gasteiger partial charge in [-0.1, -0.05) is 42.1 Å². The van der Waals surface area contributed by atoms with Gasteiger partial charge in [0, 0.05) is 24.2 Å². The van der Waals surface area contributed by atoms with Gasteiger partial charge in [-0.2, -0.15) is 4.37 Å². The molecule has 34 heavy (non-hydrogen) atoms. The number of aryl methyl sites for hydroxylation is 1. The molecule has 0 bridgehead atoms. The van der Waals surface area contributed by atoms with E-state index in [1.165, 1.54) is 42.2 Å². The number of thioether (sulfide) groups is 2. The average Bonchev–Trinajstić information content (AvgIpc) is 3.26. The molecule has 2 amide bonds. The lowest BCUT2D eigenvalue weighted by atomic mass is 9.97. The molecule has 2 aliphatic heterocycles. The van der Waals surface area contributed by atoms with E-state index in [9.17, 15) is 23.7 Å². The van der Waals surface area contributed by atoms with E-state index in [1.807, 2.05) is 0 Å². The monoisotopic (exact) mass is 538 g/mol. The number of aromatic nitrogens is 2. The first-order chi connectivity index (χ1) is 16.3. The van der Waals surface area contributed by atoms with E-state index in [-0.39, 0.29) is 21.8 Å². The van der Waals surface area contributed by atoms with Crippen LogP contribution in [0.25, 0.3) is 0 Å². The van der Waals surface area contributed by atoms with E-state index < -0.39 is 28.9 Å². The van der Waals surface area contributed by atoms with Crippen molar-refractivity contribution in [2.75, 3.05) is 18.6 Å².